The molecule has 0 aromatic heterocycles. The smallest absolute Gasteiger partial charge is 0.167 e. The van der Waals surface area contributed by atoms with Crippen molar-refractivity contribution in [3.05, 3.63) is 57.0 Å². The lowest BCUT2D eigenvalue weighted by Crippen LogP contribution is -1.91. The maximum Gasteiger partial charge on any atom is 0.167 e. The summed E-state index contributed by atoms with van der Waals surface area (Å²) in [5.41, 5.74) is 0.172. The van der Waals surface area contributed by atoms with Crippen molar-refractivity contribution in [1.82, 2.24) is 0 Å². The summed E-state index contributed by atoms with van der Waals surface area (Å²) < 4.78 is 32.6. The average Bonchev–Trinajstić information content (AvgIpc) is 2.38. The second kappa shape index (κ2) is 5.55. The van der Waals surface area contributed by atoms with Crippen LogP contribution in [0.2, 0.25) is 5.02 Å². The van der Waals surface area contributed by atoms with E-state index in [-0.39, 0.29) is 22.1 Å². The molecule has 6 heteroatoms. The molecule has 19 heavy (non-hydrogen) atoms. The molecule has 0 atom stereocenters. The summed E-state index contributed by atoms with van der Waals surface area (Å²) in [6.07, 6.45) is 0. The van der Waals surface area contributed by atoms with Crippen molar-refractivity contribution in [2.75, 3.05) is 0 Å². The molecule has 0 saturated carbocycles. The summed E-state index contributed by atoms with van der Waals surface area (Å²) in [5, 5.41) is 8.55. The number of nitrogens with zero attached hydrogens (tertiary/aromatic N) is 1. The van der Waals surface area contributed by atoms with Crippen LogP contribution in [-0.2, 0) is 0 Å². The van der Waals surface area contributed by atoms with Crippen LogP contribution in [0.1, 0.15) is 5.56 Å². The van der Waals surface area contributed by atoms with Gasteiger partial charge in [-0.1, -0.05) is 11.6 Å². The summed E-state index contributed by atoms with van der Waals surface area (Å²) in [4.78, 5) is 0. The molecule has 0 aliphatic rings. The highest BCUT2D eigenvalue weighted by Crippen LogP contribution is 2.34. The van der Waals surface area contributed by atoms with Crippen LogP contribution in [0, 0.1) is 23.0 Å². The topological polar surface area (TPSA) is 33.0 Å². The number of hydrogen-bond donors (Lipinski definition) is 0. The Morgan fingerprint density at radius 1 is 1.11 bits per heavy atom. The molecular formula is C13H5BrClF2NO. The molecular weight excluding hydrogens is 340 g/mol. The SMILES string of the molecule is N#Cc1ccc(Oc2cc(F)c(Cl)cc2Br)c(F)c1. The highest BCUT2D eigenvalue weighted by atomic mass is 79.9. The quantitative estimate of drug-likeness (QED) is 0.715. The molecule has 2 aromatic rings. The second-order valence-corrected chi connectivity index (χ2v) is 4.82. The maximum atomic E-state index is 13.6. The van der Waals surface area contributed by atoms with Crippen molar-refractivity contribution in [3.63, 3.8) is 0 Å². The van der Waals surface area contributed by atoms with Gasteiger partial charge < -0.3 is 4.74 Å². The summed E-state index contributed by atoms with van der Waals surface area (Å²) in [6, 6.07) is 7.90. The minimum atomic E-state index is -0.707. The van der Waals surface area contributed by atoms with Crippen LogP contribution in [0.4, 0.5) is 8.78 Å². The Morgan fingerprint density at radius 3 is 2.47 bits per heavy atom. The fourth-order valence-electron chi connectivity index (χ4n) is 1.35. The van der Waals surface area contributed by atoms with E-state index in [9.17, 15) is 8.78 Å². The largest absolute Gasteiger partial charge is 0.453 e. The van der Waals surface area contributed by atoms with Crippen molar-refractivity contribution in [2.24, 2.45) is 0 Å². The first kappa shape index (κ1) is 13.8. The standard InChI is InChI=1S/C13H5BrClF2NO/c14-8-4-9(15)10(16)5-13(8)19-12-2-1-7(6-18)3-11(12)17/h1-5H. The van der Waals surface area contributed by atoms with E-state index in [4.69, 9.17) is 21.6 Å². The van der Waals surface area contributed by atoms with Crippen molar-refractivity contribution >= 4 is 27.5 Å². The molecule has 0 bridgehead atoms. The molecule has 96 valence electrons. The Bertz CT molecular complexity index is 685. The highest BCUT2D eigenvalue weighted by molar-refractivity contribution is 9.10. The summed E-state index contributed by atoms with van der Waals surface area (Å²) in [6.45, 7) is 0. The van der Waals surface area contributed by atoms with E-state index in [1.165, 1.54) is 18.2 Å². The molecule has 0 unspecified atom stereocenters. The number of ether oxygens (including phenoxy) is 1. The molecule has 2 rings (SSSR count). The van der Waals surface area contributed by atoms with Gasteiger partial charge in [-0.15, -0.1) is 0 Å². The van der Waals surface area contributed by atoms with Crippen LogP contribution >= 0.6 is 27.5 Å². The van der Waals surface area contributed by atoms with Crippen molar-refractivity contribution in [3.8, 4) is 17.6 Å². The Morgan fingerprint density at radius 2 is 1.84 bits per heavy atom. The zero-order valence-electron chi connectivity index (χ0n) is 9.25. The van der Waals surface area contributed by atoms with Crippen molar-refractivity contribution in [2.45, 2.75) is 0 Å². The average molecular weight is 345 g/mol. The minimum Gasteiger partial charge on any atom is -0.453 e. The molecule has 2 nitrogen and oxygen atoms in total. The van der Waals surface area contributed by atoms with Gasteiger partial charge in [-0.25, -0.2) is 8.78 Å². The van der Waals surface area contributed by atoms with E-state index in [2.05, 4.69) is 15.9 Å². The van der Waals surface area contributed by atoms with E-state index in [1.807, 2.05) is 0 Å². The van der Waals surface area contributed by atoms with Gasteiger partial charge in [0.1, 0.15) is 11.6 Å². The lowest BCUT2D eigenvalue weighted by Gasteiger charge is -2.09. The Labute approximate surface area is 121 Å². The zero-order valence-corrected chi connectivity index (χ0v) is 11.6. The highest BCUT2D eigenvalue weighted by Gasteiger charge is 2.11. The second-order valence-electron chi connectivity index (χ2n) is 3.56. The summed E-state index contributed by atoms with van der Waals surface area (Å²) in [5.74, 6) is -1.40. The first-order chi connectivity index (χ1) is 9.01. The predicted octanol–water partition coefficient (Wildman–Crippen LogP) is 5.04. The van der Waals surface area contributed by atoms with Gasteiger partial charge in [0.2, 0.25) is 0 Å². The van der Waals surface area contributed by atoms with Gasteiger partial charge in [-0.2, -0.15) is 5.26 Å². The van der Waals surface area contributed by atoms with Gasteiger partial charge in [0.25, 0.3) is 0 Å². The van der Waals surface area contributed by atoms with Crippen LogP contribution in [0.15, 0.2) is 34.8 Å². The third-order valence-electron chi connectivity index (χ3n) is 2.26. The molecule has 0 saturated heterocycles. The van der Waals surface area contributed by atoms with Crippen LogP contribution in [0.25, 0.3) is 0 Å². The number of halogens is 4. The van der Waals surface area contributed by atoms with Crippen LogP contribution < -0.4 is 4.74 Å². The monoisotopic (exact) mass is 343 g/mol. The number of benzene rings is 2. The summed E-state index contributed by atoms with van der Waals surface area (Å²) in [7, 11) is 0. The van der Waals surface area contributed by atoms with E-state index in [1.54, 1.807) is 6.07 Å². The number of nitriles is 1. The van der Waals surface area contributed by atoms with Gasteiger partial charge in [0.05, 0.1) is 21.1 Å². The minimum absolute atomic E-state index is 0.0699. The van der Waals surface area contributed by atoms with E-state index in [0.717, 1.165) is 12.1 Å². The van der Waals surface area contributed by atoms with Gasteiger partial charge >= 0.3 is 0 Å². The Balaban J connectivity index is 2.37. The molecule has 0 heterocycles. The van der Waals surface area contributed by atoms with Gasteiger partial charge in [-0.05, 0) is 40.2 Å². The molecule has 0 amide bonds. The van der Waals surface area contributed by atoms with Gasteiger partial charge in [0.15, 0.2) is 11.6 Å². The lowest BCUT2D eigenvalue weighted by molar-refractivity contribution is 0.436. The number of rotatable bonds is 2. The van der Waals surface area contributed by atoms with Crippen LogP contribution in [0.5, 0.6) is 11.5 Å². The molecule has 0 spiro atoms. The lowest BCUT2D eigenvalue weighted by atomic mass is 10.2. The third-order valence-corrected chi connectivity index (χ3v) is 3.17. The Hall–Kier alpha value is -1.64. The molecule has 0 N–H and O–H groups in total. The van der Waals surface area contributed by atoms with Crippen molar-refractivity contribution in [1.29, 1.82) is 5.26 Å². The summed E-state index contributed by atoms with van der Waals surface area (Å²) >= 11 is 8.73. The van der Waals surface area contributed by atoms with Gasteiger partial charge in [-0.3, -0.25) is 0 Å². The fraction of sp³-hybridized carbons (Fsp3) is 0. The van der Waals surface area contributed by atoms with Crippen molar-refractivity contribution < 1.29 is 13.5 Å². The first-order valence-corrected chi connectivity index (χ1v) is 6.20. The van der Waals surface area contributed by atoms with Crippen LogP contribution in [-0.4, -0.2) is 0 Å². The molecule has 0 aliphatic carbocycles. The molecule has 0 radical (unpaired) electrons. The normalized spacial score (nSPS) is 10.1. The fourth-order valence-corrected chi connectivity index (χ4v) is 2.07. The van der Waals surface area contributed by atoms with E-state index in [0.29, 0.717) is 4.47 Å². The predicted molar refractivity (Wildman–Crippen MR) is 70.3 cm³/mol. The third kappa shape index (κ3) is 3.03. The van der Waals surface area contributed by atoms with E-state index >= 15 is 0 Å². The first-order valence-electron chi connectivity index (χ1n) is 5.03. The Kier molecular flexibility index (Phi) is 4.03. The van der Waals surface area contributed by atoms with Gasteiger partial charge in [0, 0.05) is 6.07 Å². The number of hydrogen-bond acceptors (Lipinski definition) is 2. The molecule has 0 aliphatic heterocycles. The van der Waals surface area contributed by atoms with Crippen LogP contribution in [0.3, 0.4) is 0 Å². The van der Waals surface area contributed by atoms with E-state index < -0.39 is 11.6 Å². The zero-order chi connectivity index (χ0) is 14.0. The molecule has 2 aromatic carbocycles. The molecule has 0 fully saturated rings. The maximum absolute atomic E-state index is 13.6.